The Bertz CT molecular complexity index is 767. The number of halogens is 3. The van der Waals surface area contributed by atoms with E-state index in [-0.39, 0.29) is 11.8 Å². The highest BCUT2D eigenvalue weighted by Crippen LogP contribution is 2.34. The average molecular weight is 349 g/mol. The number of carbonyl (C=O) groups is 1. The van der Waals surface area contributed by atoms with Crippen molar-refractivity contribution in [3.8, 4) is 5.75 Å². The van der Waals surface area contributed by atoms with E-state index < -0.39 is 17.6 Å². The number of rotatable bonds is 5. The summed E-state index contributed by atoms with van der Waals surface area (Å²) in [6.45, 7) is 3.79. The molecule has 0 aromatic heterocycles. The zero-order valence-electron chi connectivity index (χ0n) is 13.8. The maximum atomic E-state index is 12.9. The Labute approximate surface area is 144 Å². The molecule has 0 aliphatic carbocycles. The van der Waals surface area contributed by atoms with Gasteiger partial charge in [-0.2, -0.15) is 13.2 Å². The van der Waals surface area contributed by atoms with Gasteiger partial charge in [-0.15, -0.1) is 0 Å². The van der Waals surface area contributed by atoms with Crippen LogP contribution in [0.4, 0.5) is 18.9 Å². The molecule has 1 N–H and O–H groups in total. The Morgan fingerprint density at radius 1 is 1.12 bits per heavy atom. The van der Waals surface area contributed by atoms with Crippen LogP contribution in [-0.2, 0) is 11.0 Å². The Morgan fingerprint density at radius 2 is 1.84 bits per heavy atom. The van der Waals surface area contributed by atoms with E-state index in [1.807, 2.05) is 13.8 Å². The number of benzene rings is 2. The van der Waals surface area contributed by atoms with Crippen LogP contribution in [0.5, 0.6) is 5.75 Å². The van der Waals surface area contributed by atoms with Gasteiger partial charge < -0.3 is 10.1 Å². The van der Waals surface area contributed by atoms with Crippen molar-refractivity contribution in [2.75, 3.05) is 5.32 Å². The third-order valence-corrected chi connectivity index (χ3v) is 3.15. The molecule has 0 bridgehead atoms. The summed E-state index contributed by atoms with van der Waals surface area (Å²) in [5, 5.41) is 2.26. The molecule has 0 aliphatic rings. The fourth-order valence-electron chi connectivity index (χ4n) is 2.15. The second kappa shape index (κ2) is 7.88. The van der Waals surface area contributed by atoms with Crippen molar-refractivity contribution in [3.05, 3.63) is 65.7 Å². The smallest absolute Gasteiger partial charge is 0.418 e. The number of hydrogen-bond donors (Lipinski definition) is 1. The number of amides is 1. The maximum absolute atomic E-state index is 12.9. The van der Waals surface area contributed by atoms with Crippen molar-refractivity contribution >= 4 is 17.7 Å². The minimum atomic E-state index is -4.53. The monoisotopic (exact) mass is 349 g/mol. The molecule has 1 amide bonds. The first-order valence-corrected chi connectivity index (χ1v) is 7.67. The van der Waals surface area contributed by atoms with E-state index in [4.69, 9.17) is 4.74 Å². The Hall–Kier alpha value is -2.76. The molecule has 2 aromatic carbocycles. The second-order valence-corrected chi connectivity index (χ2v) is 5.61. The van der Waals surface area contributed by atoms with Crippen LogP contribution in [0.2, 0.25) is 0 Å². The molecule has 0 radical (unpaired) electrons. The van der Waals surface area contributed by atoms with Gasteiger partial charge in [0.25, 0.3) is 0 Å². The lowest BCUT2D eigenvalue weighted by Gasteiger charge is -2.12. The van der Waals surface area contributed by atoms with Gasteiger partial charge in [-0.3, -0.25) is 4.79 Å². The van der Waals surface area contributed by atoms with E-state index in [1.165, 1.54) is 30.4 Å². The molecule has 0 saturated carbocycles. The number of nitrogens with one attached hydrogen (secondary N) is 1. The first-order chi connectivity index (χ1) is 11.8. The first kappa shape index (κ1) is 18.6. The second-order valence-electron chi connectivity index (χ2n) is 5.61. The van der Waals surface area contributed by atoms with Crippen molar-refractivity contribution in [2.24, 2.45) is 0 Å². The van der Waals surface area contributed by atoms with Crippen LogP contribution in [0.1, 0.15) is 25.0 Å². The number of anilines is 1. The van der Waals surface area contributed by atoms with Crippen molar-refractivity contribution in [1.82, 2.24) is 0 Å². The van der Waals surface area contributed by atoms with E-state index in [1.54, 1.807) is 24.3 Å². The summed E-state index contributed by atoms with van der Waals surface area (Å²) in [5.41, 5.74) is -0.456. The van der Waals surface area contributed by atoms with Crippen LogP contribution in [0, 0.1) is 0 Å². The van der Waals surface area contributed by atoms with E-state index >= 15 is 0 Å². The zero-order valence-corrected chi connectivity index (χ0v) is 13.8. The fourth-order valence-corrected chi connectivity index (χ4v) is 2.15. The average Bonchev–Trinajstić information content (AvgIpc) is 2.52. The number of hydrogen-bond acceptors (Lipinski definition) is 2. The molecule has 2 rings (SSSR count). The van der Waals surface area contributed by atoms with Crippen LogP contribution in [0.3, 0.4) is 0 Å². The molecule has 25 heavy (non-hydrogen) atoms. The molecule has 3 nitrogen and oxygen atoms in total. The number of ether oxygens (including phenoxy) is 1. The summed E-state index contributed by atoms with van der Waals surface area (Å²) in [5.74, 6) is 0.00635. The zero-order chi connectivity index (χ0) is 18.4. The van der Waals surface area contributed by atoms with Gasteiger partial charge >= 0.3 is 6.18 Å². The summed E-state index contributed by atoms with van der Waals surface area (Å²) in [6.07, 6.45) is -1.82. The first-order valence-electron chi connectivity index (χ1n) is 7.67. The van der Waals surface area contributed by atoms with Gasteiger partial charge in [0.1, 0.15) is 5.75 Å². The summed E-state index contributed by atoms with van der Waals surface area (Å²) < 4.78 is 44.3. The van der Waals surface area contributed by atoms with Gasteiger partial charge in [0.2, 0.25) is 5.91 Å². The molecule has 132 valence electrons. The summed E-state index contributed by atoms with van der Waals surface area (Å²) in [6, 6.07) is 11.9. The van der Waals surface area contributed by atoms with E-state index in [0.717, 1.165) is 6.07 Å². The number of para-hydroxylation sites is 1. The van der Waals surface area contributed by atoms with Crippen LogP contribution < -0.4 is 10.1 Å². The molecule has 2 aromatic rings. The van der Waals surface area contributed by atoms with Crippen molar-refractivity contribution < 1.29 is 22.7 Å². The third kappa shape index (κ3) is 5.67. The predicted octanol–water partition coefficient (Wildman–Crippen LogP) is 5.14. The van der Waals surface area contributed by atoms with E-state index in [0.29, 0.717) is 11.3 Å². The predicted molar refractivity (Wildman–Crippen MR) is 91.3 cm³/mol. The van der Waals surface area contributed by atoms with Crippen LogP contribution >= 0.6 is 0 Å². The van der Waals surface area contributed by atoms with Crippen molar-refractivity contribution in [2.45, 2.75) is 26.1 Å². The van der Waals surface area contributed by atoms with Crippen LogP contribution in [0.25, 0.3) is 6.08 Å². The van der Waals surface area contributed by atoms with Gasteiger partial charge in [0, 0.05) is 6.08 Å². The van der Waals surface area contributed by atoms with E-state index in [9.17, 15) is 18.0 Å². The summed E-state index contributed by atoms with van der Waals surface area (Å²) >= 11 is 0. The molecule has 6 heteroatoms. The molecule has 0 heterocycles. The lowest BCUT2D eigenvalue weighted by molar-refractivity contribution is -0.136. The largest absolute Gasteiger partial charge is 0.491 e. The molecule has 0 fully saturated rings. The SMILES string of the molecule is CC(C)Oc1cccc(/C=C/C(=O)Nc2ccccc2C(F)(F)F)c1. The van der Waals surface area contributed by atoms with Gasteiger partial charge in [-0.05, 0) is 49.8 Å². The van der Waals surface area contributed by atoms with Crippen molar-refractivity contribution in [1.29, 1.82) is 0 Å². The molecule has 0 aliphatic heterocycles. The number of carbonyl (C=O) groups excluding carboxylic acids is 1. The highest BCUT2D eigenvalue weighted by Gasteiger charge is 2.33. The topological polar surface area (TPSA) is 38.3 Å². The lowest BCUT2D eigenvalue weighted by atomic mass is 10.1. The van der Waals surface area contributed by atoms with Gasteiger partial charge in [-0.1, -0.05) is 24.3 Å². The quantitative estimate of drug-likeness (QED) is 0.759. The van der Waals surface area contributed by atoms with E-state index in [2.05, 4.69) is 5.32 Å². The highest BCUT2D eigenvalue weighted by atomic mass is 19.4. The van der Waals surface area contributed by atoms with Crippen LogP contribution in [0.15, 0.2) is 54.6 Å². The van der Waals surface area contributed by atoms with Gasteiger partial charge in [-0.25, -0.2) is 0 Å². The molecular formula is C19H18F3NO2. The normalized spacial score (nSPS) is 11.8. The molecule has 0 saturated heterocycles. The maximum Gasteiger partial charge on any atom is 0.418 e. The third-order valence-electron chi connectivity index (χ3n) is 3.15. The van der Waals surface area contributed by atoms with Crippen molar-refractivity contribution in [3.63, 3.8) is 0 Å². The highest BCUT2D eigenvalue weighted by molar-refractivity contribution is 6.02. The molecule has 0 spiro atoms. The minimum absolute atomic E-state index is 0.0152. The molecule has 0 atom stereocenters. The Balaban J connectivity index is 2.10. The van der Waals surface area contributed by atoms with Crippen LogP contribution in [-0.4, -0.2) is 12.0 Å². The summed E-state index contributed by atoms with van der Waals surface area (Å²) in [7, 11) is 0. The van der Waals surface area contributed by atoms with Gasteiger partial charge in [0.05, 0.1) is 17.4 Å². The fraction of sp³-hybridized carbons (Fsp3) is 0.211. The Morgan fingerprint density at radius 3 is 2.52 bits per heavy atom. The lowest BCUT2D eigenvalue weighted by Crippen LogP contribution is -2.14. The number of alkyl halides is 3. The minimum Gasteiger partial charge on any atom is -0.491 e. The van der Waals surface area contributed by atoms with Gasteiger partial charge in [0.15, 0.2) is 0 Å². The molecular weight excluding hydrogens is 331 g/mol. The standard InChI is InChI=1S/C19H18F3NO2/c1-13(2)25-15-7-5-6-14(12-15)10-11-18(24)23-17-9-4-3-8-16(17)19(20,21)22/h3-13H,1-2H3,(H,23,24)/b11-10+. The Kier molecular flexibility index (Phi) is 5.85. The molecule has 0 unspecified atom stereocenters. The summed E-state index contributed by atoms with van der Waals surface area (Å²) in [4.78, 5) is 11.9.